The third-order valence-electron chi connectivity index (χ3n) is 3.51. The van der Waals surface area contributed by atoms with Gasteiger partial charge in [-0.2, -0.15) is 0 Å². The fourth-order valence-electron chi connectivity index (χ4n) is 2.51. The Morgan fingerprint density at radius 1 is 0.700 bits per heavy atom. The van der Waals surface area contributed by atoms with Crippen LogP contribution in [0.5, 0.6) is 0 Å². The molecule has 2 nitrogen and oxygen atoms in total. The lowest BCUT2D eigenvalue weighted by Gasteiger charge is -2.05. The van der Waals surface area contributed by atoms with Gasteiger partial charge in [-0.1, -0.05) is 42.5 Å². The minimum Gasteiger partial charge on any atom is -0.256 e. The van der Waals surface area contributed by atoms with E-state index in [9.17, 15) is 0 Å². The molecule has 94 valence electrons. The first-order valence-corrected chi connectivity index (χ1v) is 6.62. The summed E-state index contributed by atoms with van der Waals surface area (Å²) in [6, 6.07) is 22.6. The predicted octanol–water partition coefficient (Wildman–Crippen LogP) is 4.45. The van der Waals surface area contributed by atoms with Gasteiger partial charge in [0.25, 0.3) is 0 Å². The van der Waals surface area contributed by atoms with Crippen molar-refractivity contribution in [2.24, 2.45) is 0 Å². The smallest absolute Gasteiger partial charge is 0.0803 e. The summed E-state index contributed by atoms with van der Waals surface area (Å²) in [6.45, 7) is 0. The lowest BCUT2D eigenvalue weighted by Crippen LogP contribution is -1.87. The van der Waals surface area contributed by atoms with Crippen molar-refractivity contribution in [3.05, 3.63) is 72.9 Å². The molecule has 0 saturated carbocycles. The molecule has 4 rings (SSSR count). The molecule has 0 fully saturated rings. The number of fused-ring (bicyclic) bond motifs is 3. The van der Waals surface area contributed by atoms with E-state index >= 15 is 0 Å². The SMILES string of the molecule is c1ccc(-c2ccc3ccc4ncccc4c3n2)cc1. The Balaban J connectivity index is 2.05. The Bertz CT molecular complexity index is 899. The number of hydrogen-bond acceptors (Lipinski definition) is 2. The number of aromatic nitrogens is 2. The Labute approximate surface area is 116 Å². The van der Waals surface area contributed by atoms with E-state index in [-0.39, 0.29) is 0 Å². The lowest BCUT2D eigenvalue weighted by molar-refractivity contribution is 1.39. The average Bonchev–Trinajstić information content (AvgIpc) is 2.55. The van der Waals surface area contributed by atoms with Crippen molar-refractivity contribution in [2.45, 2.75) is 0 Å². The van der Waals surface area contributed by atoms with Crippen LogP contribution < -0.4 is 0 Å². The van der Waals surface area contributed by atoms with Gasteiger partial charge < -0.3 is 0 Å². The van der Waals surface area contributed by atoms with E-state index in [1.165, 1.54) is 0 Å². The number of hydrogen-bond donors (Lipinski definition) is 0. The van der Waals surface area contributed by atoms with Crippen molar-refractivity contribution < 1.29 is 0 Å². The van der Waals surface area contributed by atoms with Crippen LogP contribution in [0.4, 0.5) is 0 Å². The molecule has 0 spiro atoms. The topological polar surface area (TPSA) is 25.8 Å². The summed E-state index contributed by atoms with van der Waals surface area (Å²) in [5.41, 5.74) is 4.12. The van der Waals surface area contributed by atoms with E-state index in [0.29, 0.717) is 0 Å². The number of rotatable bonds is 1. The maximum atomic E-state index is 4.83. The highest BCUT2D eigenvalue weighted by molar-refractivity contribution is 6.04. The van der Waals surface area contributed by atoms with Gasteiger partial charge in [0.2, 0.25) is 0 Å². The van der Waals surface area contributed by atoms with E-state index in [1.54, 1.807) is 0 Å². The standard InChI is InChI=1S/C18H12N2/c1-2-5-13(6-3-1)16-10-8-14-9-11-17-15(18(14)20-16)7-4-12-19-17/h1-12H. The molecule has 20 heavy (non-hydrogen) atoms. The second-order valence-corrected chi connectivity index (χ2v) is 4.77. The van der Waals surface area contributed by atoms with Crippen molar-refractivity contribution in [2.75, 3.05) is 0 Å². The van der Waals surface area contributed by atoms with Gasteiger partial charge in [-0.25, -0.2) is 4.98 Å². The molecular formula is C18H12N2. The second-order valence-electron chi connectivity index (χ2n) is 4.77. The van der Waals surface area contributed by atoms with Crippen LogP contribution in [-0.2, 0) is 0 Å². The Morgan fingerprint density at radius 2 is 1.55 bits per heavy atom. The first-order chi connectivity index (χ1) is 9.92. The summed E-state index contributed by atoms with van der Waals surface area (Å²) in [4.78, 5) is 9.23. The largest absolute Gasteiger partial charge is 0.256 e. The van der Waals surface area contributed by atoms with Gasteiger partial charge in [0.15, 0.2) is 0 Å². The molecule has 0 N–H and O–H groups in total. The quantitative estimate of drug-likeness (QED) is 0.470. The summed E-state index contributed by atoms with van der Waals surface area (Å²) in [6.07, 6.45) is 1.81. The highest BCUT2D eigenvalue weighted by Gasteiger charge is 2.05. The van der Waals surface area contributed by atoms with Gasteiger partial charge in [0, 0.05) is 22.5 Å². The maximum absolute atomic E-state index is 4.83. The van der Waals surface area contributed by atoms with Crippen LogP contribution in [0.2, 0.25) is 0 Å². The third-order valence-corrected chi connectivity index (χ3v) is 3.51. The highest BCUT2D eigenvalue weighted by atomic mass is 14.7. The molecular weight excluding hydrogens is 244 g/mol. The molecule has 0 radical (unpaired) electrons. The van der Waals surface area contributed by atoms with Crippen molar-refractivity contribution in [3.63, 3.8) is 0 Å². The molecule has 0 unspecified atom stereocenters. The minimum atomic E-state index is 0.984. The van der Waals surface area contributed by atoms with E-state index in [2.05, 4.69) is 41.4 Å². The van der Waals surface area contributed by atoms with Crippen LogP contribution in [0.3, 0.4) is 0 Å². The minimum absolute atomic E-state index is 0.984. The normalized spacial score (nSPS) is 11.0. The van der Waals surface area contributed by atoms with Crippen LogP contribution >= 0.6 is 0 Å². The molecule has 2 heterocycles. The van der Waals surface area contributed by atoms with Crippen molar-refractivity contribution >= 4 is 21.8 Å². The fraction of sp³-hybridized carbons (Fsp3) is 0. The molecule has 0 aliphatic heterocycles. The lowest BCUT2D eigenvalue weighted by atomic mass is 10.1. The number of benzene rings is 2. The molecule has 2 aromatic carbocycles. The third kappa shape index (κ3) is 1.74. The number of nitrogens with zero attached hydrogens (tertiary/aromatic N) is 2. The summed E-state index contributed by atoms with van der Waals surface area (Å²) in [5, 5.41) is 2.24. The first-order valence-electron chi connectivity index (χ1n) is 6.62. The molecule has 4 aromatic rings. The van der Waals surface area contributed by atoms with Gasteiger partial charge in [0.05, 0.1) is 16.7 Å². The van der Waals surface area contributed by atoms with Gasteiger partial charge in [-0.05, 0) is 24.3 Å². The summed E-state index contributed by atoms with van der Waals surface area (Å²) >= 11 is 0. The second kappa shape index (κ2) is 4.42. The van der Waals surface area contributed by atoms with Crippen molar-refractivity contribution in [1.82, 2.24) is 9.97 Å². The van der Waals surface area contributed by atoms with Gasteiger partial charge in [-0.15, -0.1) is 0 Å². The van der Waals surface area contributed by atoms with E-state index in [1.807, 2.05) is 36.5 Å². The average molecular weight is 256 g/mol. The predicted molar refractivity (Wildman–Crippen MR) is 82.5 cm³/mol. The molecule has 0 bridgehead atoms. The van der Waals surface area contributed by atoms with Gasteiger partial charge in [0.1, 0.15) is 0 Å². The summed E-state index contributed by atoms with van der Waals surface area (Å²) in [7, 11) is 0. The number of pyridine rings is 2. The van der Waals surface area contributed by atoms with Crippen LogP contribution in [0.15, 0.2) is 72.9 Å². The van der Waals surface area contributed by atoms with Gasteiger partial charge >= 0.3 is 0 Å². The van der Waals surface area contributed by atoms with Crippen molar-refractivity contribution in [3.8, 4) is 11.3 Å². The van der Waals surface area contributed by atoms with E-state index < -0.39 is 0 Å². The molecule has 0 saturated heterocycles. The van der Waals surface area contributed by atoms with Crippen LogP contribution in [-0.4, -0.2) is 9.97 Å². The highest BCUT2D eigenvalue weighted by Crippen LogP contribution is 2.25. The molecule has 0 atom stereocenters. The Kier molecular flexibility index (Phi) is 2.46. The Morgan fingerprint density at radius 3 is 2.45 bits per heavy atom. The zero-order valence-electron chi connectivity index (χ0n) is 10.8. The molecule has 2 heteroatoms. The molecule has 0 aliphatic rings. The van der Waals surface area contributed by atoms with Crippen LogP contribution in [0, 0.1) is 0 Å². The van der Waals surface area contributed by atoms with Crippen LogP contribution in [0.1, 0.15) is 0 Å². The monoisotopic (exact) mass is 256 g/mol. The van der Waals surface area contributed by atoms with E-state index in [4.69, 9.17) is 4.98 Å². The van der Waals surface area contributed by atoms with Crippen LogP contribution in [0.25, 0.3) is 33.1 Å². The summed E-state index contributed by atoms with van der Waals surface area (Å²) in [5.74, 6) is 0. The molecule has 0 aliphatic carbocycles. The van der Waals surface area contributed by atoms with Crippen molar-refractivity contribution in [1.29, 1.82) is 0 Å². The maximum Gasteiger partial charge on any atom is 0.0803 e. The first kappa shape index (κ1) is 11.1. The summed E-state index contributed by atoms with van der Waals surface area (Å²) < 4.78 is 0. The Hall–Kier alpha value is -2.74. The zero-order valence-corrected chi connectivity index (χ0v) is 10.8. The molecule has 0 amide bonds. The fourth-order valence-corrected chi connectivity index (χ4v) is 2.51. The zero-order chi connectivity index (χ0) is 13.4. The van der Waals surface area contributed by atoms with Gasteiger partial charge in [-0.3, -0.25) is 4.98 Å². The molecule has 2 aromatic heterocycles. The van der Waals surface area contributed by atoms with E-state index in [0.717, 1.165) is 33.1 Å².